The summed E-state index contributed by atoms with van der Waals surface area (Å²) >= 11 is 7.59. The minimum atomic E-state index is 0.00850. The molecule has 0 saturated carbocycles. The smallest absolute Gasteiger partial charge is 0.273 e. The minimum Gasteiger partial charge on any atom is -0.368 e. The number of rotatable bonds is 3. The van der Waals surface area contributed by atoms with E-state index in [-0.39, 0.29) is 5.91 Å². The maximum Gasteiger partial charge on any atom is 0.273 e. The minimum absolute atomic E-state index is 0.00850. The number of amides is 1. The van der Waals surface area contributed by atoms with Crippen molar-refractivity contribution in [3.8, 4) is 10.6 Å². The van der Waals surface area contributed by atoms with Gasteiger partial charge in [-0.3, -0.25) is 4.79 Å². The standard InChI is InChI=1S/C20H18ClN3OS/c21-16-7-4-8-17(13-16)23-9-11-24(12-10-23)20(25)18-14-26-19(22-18)15-5-2-1-3-6-15/h1-8,13-14H,9-12H2. The van der Waals surface area contributed by atoms with Crippen molar-refractivity contribution < 1.29 is 4.79 Å². The predicted molar refractivity (Wildman–Crippen MR) is 107 cm³/mol. The van der Waals surface area contributed by atoms with Crippen molar-refractivity contribution in [2.75, 3.05) is 31.1 Å². The second kappa shape index (κ2) is 7.48. The average molecular weight is 384 g/mol. The number of piperazine rings is 1. The fraction of sp³-hybridized carbons (Fsp3) is 0.200. The van der Waals surface area contributed by atoms with Crippen molar-refractivity contribution in [3.63, 3.8) is 0 Å². The van der Waals surface area contributed by atoms with Gasteiger partial charge in [0, 0.05) is 47.8 Å². The van der Waals surface area contributed by atoms with Crippen LogP contribution in [0.2, 0.25) is 5.02 Å². The largest absolute Gasteiger partial charge is 0.368 e. The summed E-state index contributed by atoms with van der Waals surface area (Å²) in [5, 5.41) is 3.47. The quantitative estimate of drug-likeness (QED) is 0.671. The van der Waals surface area contributed by atoms with E-state index in [9.17, 15) is 4.79 Å². The number of aromatic nitrogens is 1. The predicted octanol–water partition coefficient (Wildman–Crippen LogP) is 4.43. The number of anilines is 1. The van der Waals surface area contributed by atoms with Crippen LogP contribution in [0.25, 0.3) is 10.6 Å². The van der Waals surface area contributed by atoms with Gasteiger partial charge in [-0.15, -0.1) is 11.3 Å². The number of hydrogen-bond donors (Lipinski definition) is 0. The molecule has 2 aromatic carbocycles. The van der Waals surface area contributed by atoms with Crippen molar-refractivity contribution in [2.45, 2.75) is 0 Å². The number of halogens is 1. The molecule has 4 rings (SSSR count). The molecule has 0 N–H and O–H groups in total. The Balaban J connectivity index is 1.42. The molecule has 0 spiro atoms. The molecule has 1 amide bonds. The molecule has 26 heavy (non-hydrogen) atoms. The third-order valence-electron chi connectivity index (χ3n) is 4.48. The summed E-state index contributed by atoms with van der Waals surface area (Å²) in [6.07, 6.45) is 0. The van der Waals surface area contributed by atoms with E-state index >= 15 is 0 Å². The molecule has 0 aliphatic carbocycles. The third-order valence-corrected chi connectivity index (χ3v) is 5.61. The van der Waals surface area contributed by atoms with Crippen LogP contribution in [-0.2, 0) is 0 Å². The Morgan fingerprint density at radius 1 is 1.00 bits per heavy atom. The van der Waals surface area contributed by atoms with Gasteiger partial charge in [0.1, 0.15) is 10.7 Å². The lowest BCUT2D eigenvalue weighted by Gasteiger charge is -2.35. The van der Waals surface area contributed by atoms with E-state index < -0.39 is 0 Å². The maximum absolute atomic E-state index is 12.8. The van der Waals surface area contributed by atoms with Gasteiger partial charge in [-0.25, -0.2) is 4.98 Å². The van der Waals surface area contributed by atoms with Crippen LogP contribution in [0.5, 0.6) is 0 Å². The monoisotopic (exact) mass is 383 g/mol. The first-order chi connectivity index (χ1) is 12.7. The highest BCUT2D eigenvalue weighted by molar-refractivity contribution is 7.13. The summed E-state index contributed by atoms with van der Waals surface area (Å²) in [4.78, 5) is 21.4. The van der Waals surface area contributed by atoms with Crippen LogP contribution in [-0.4, -0.2) is 42.0 Å². The first kappa shape index (κ1) is 17.1. The molecule has 1 aliphatic heterocycles. The zero-order valence-electron chi connectivity index (χ0n) is 14.1. The van der Waals surface area contributed by atoms with Gasteiger partial charge in [-0.05, 0) is 18.2 Å². The summed E-state index contributed by atoms with van der Waals surface area (Å²) in [6.45, 7) is 2.95. The van der Waals surface area contributed by atoms with E-state index in [0.717, 1.165) is 34.4 Å². The fourth-order valence-corrected chi connectivity index (χ4v) is 4.07. The van der Waals surface area contributed by atoms with Gasteiger partial charge in [0.05, 0.1) is 0 Å². The Kier molecular flexibility index (Phi) is 4.91. The van der Waals surface area contributed by atoms with Crippen LogP contribution in [0.1, 0.15) is 10.5 Å². The normalized spacial score (nSPS) is 14.5. The first-order valence-corrected chi connectivity index (χ1v) is 9.77. The van der Waals surface area contributed by atoms with Gasteiger partial charge >= 0.3 is 0 Å². The average Bonchev–Trinajstić information content (AvgIpc) is 3.18. The van der Waals surface area contributed by atoms with Gasteiger partial charge < -0.3 is 9.80 Å². The molecular weight excluding hydrogens is 366 g/mol. The van der Waals surface area contributed by atoms with Crippen molar-refractivity contribution in [1.29, 1.82) is 0 Å². The molecule has 4 nitrogen and oxygen atoms in total. The van der Waals surface area contributed by atoms with Crippen molar-refractivity contribution in [2.24, 2.45) is 0 Å². The van der Waals surface area contributed by atoms with Crippen molar-refractivity contribution in [3.05, 3.63) is 70.7 Å². The van der Waals surface area contributed by atoms with Gasteiger partial charge in [0.2, 0.25) is 0 Å². The van der Waals surface area contributed by atoms with Gasteiger partial charge in [-0.2, -0.15) is 0 Å². The Hall–Kier alpha value is -2.37. The SMILES string of the molecule is O=C(c1csc(-c2ccccc2)n1)N1CCN(c2cccc(Cl)c2)CC1. The summed E-state index contributed by atoms with van der Waals surface area (Å²) in [6, 6.07) is 17.8. The third kappa shape index (κ3) is 3.59. The first-order valence-electron chi connectivity index (χ1n) is 8.51. The fourth-order valence-electron chi connectivity index (χ4n) is 3.09. The number of carbonyl (C=O) groups is 1. The highest BCUT2D eigenvalue weighted by Gasteiger charge is 2.24. The van der Waals surface area contributed by atoms with Crippen molar-refractivity contribution >= 4 is 34.5 Å². The Morgan fingerprint density at radius 3 is 2.50 bits per heavy atom. The van der Waals surface area contributed by atoms with E-state index in [4.69, 9.17) is 11.6 Å². The summed E-state index contributed by atoms with van der Waals surface area (Å²) in [5.74, 6) is 0.00850. The summed E-state index contributed by atoms with van der Waals surface area (Å²) in [5.41, 5.74) is 2.68. The molecule has 0 unspecified atom stereocenters. The van der Waals surface area contributed by atoms with Gasteiger partial charge in [-0.1, -0.05) is 48.0 Å². The number of nitrogens with zero attached hydrogens (tertiary/aromatic N) is 3. The molecule has 0 bridgehead atoms. The van der Waals surface area contributed by atoms with E-state index in [0.29, 0.717) is 18.8 Å². The molecule has 0 radical (unpaired) electrons. The molecule has 132 valence electrons. The highest BCUT2D eigenvalue weighted by Crippen LogP contribution is 2.25. The Morgan fingerprint density at radius 2 is 1.77 bits per heavy atom. The zero-order chi connectivity index (χ0) is 17.9. The molecule has 1 aromatic heterocycles. The van der Waals surface area contributed by atoms with Crippen LogP contribution in [0, 0.1) is 0 Å². The van der Waals surface area contributed by atoms with Crippen LogP contribution in [0.3, 0.4) is 0 Å². The second-order valence-corrected chi connectivity index (χ2v) is 7.46. The second-order valence-electron chi connectivity index (χ2n) is 6.16. The lowest BCUT2D eigenvalue weighted by Crippen LogP contribution is -2.48. The van der Waals surface area contributed by atoms with E-state index in [2.05, 4.69) is 16.0 Å². The van der Waals surface area contributed by atoms with Gasteiger partial charge in [0.15, 0.2) is 0 Å². The van der Waals surface area contributed by atoms with Gasteiger partial charge in [0.25, 0.3) is 5.91 Å². The lowest BCUT2D eigenvalue weighted by molar-refractivity contribution is 0.0742. The van der Waals surface area contributed by atoms with Crippen LogP contribution < -0.4 is 4.90 Å². The van der Waals surface area contributed by atoms with Crippen LogP contribution >= 0.6 is 22.9 Å². The summed E-state index contributed by atoms with van der Waals surface area (Å²) < 4.78 is 0. The molecular formula is C20H18ClN3OS. The van der Waals surface area contributed by atoms with E-state index in [1.807, 2.05) is 58.8 Å². The Labute approximate surface area is 161 Å². The number of thiazole rings is 1. The Bertz CT molecular complexity index is 904. The number of benzene rings is 2. The molecule has 1 fully saturated rings. The highest BCUT2D eigenvalue weighted by atomic mass is 35.5. The van der Waals surface area contributed by atoms with E-state index in [1.54, 1.807) is 0 Å². The van der Waals surface area contributed by atoms with Crippen LogP contribution in [0.4, 0.5) is 5.69 Å². The zero-order valence-corrected chi connectivity index (χ0v) is 15.7. The summed E-state index contributed by atoms with van der Waals surface area (Å²) in [7, 11) is 0. The van der Waals surface area contributed by atoms with Crippen LogP contribution in [0.15, 0.2) is 60.0 Å². The van der Waals surface area contributed by atoms with Crippen molar-refractivity contribution in [1.82, 2.24) is 9.88 Å². The number of hydrogen-bond acceptors (Lipinski definition) is 4. The van der Waals surface area contributed by atoms with E-state index in [1.165, 1.54) is 11.3 Å². The maximum atomic E-state index is 12.8. The molecule has 6 heteroatoms. The topological polar surface area (TPSA) is 36.4 Å². The molecule has 2 heterocycles. The molecule has 1 aliphatic rings. The molecule has 1 saturated heterocycles. The lowest BCUT2D eigenvalue weighted by atomic mass is 10.2. The molecule has 0 atom stereocenters. The molecule has 3 aromatic rings. The number of carbonyl (C=O) groups excluding carboxylic acids is 1.